The van der Waals surface area contributed by atoms with Crippen molar-refractivity contribution in [3.05, 3.63) is 42.0 Å². The van der Waals surface area contributed by atoms with Crippen LogP contribution in [0.15, 0.2) is 36.4 Å². The highest BCUT2D eigenvalue weighted by Gasteiger charge is 2.32. The van der Waals surface area contributed by atoms with Gasteiger partial charge in [-0.25, -0.2) is 9.78 Å². The minimum absolute atomic E-state index is 0.155. The van der Waals surface area contributed by atoms with Gasteiger partial charge in [-0.1, -0.05) is 12.1 Å². The number of anilines is 1. The average molecular weight is 382 g/mol. The van der Waals surface area contributed by atoms with Crippen molar-refractivity contribution < 1.29 is 27.4 Å². The number of ether oxygens (including phenoxy) is 2. The molecule has 0 N–H and O–H groups in total. The van der Waals surface area contributed by atoms with E-state index in [2.05, 4.69) is 4.98 Å². The van der Waals surface area contributed by atoms with Gasteiger partial charge < -0.3 is 14.4 Å². The highest BCUT2D eigenvalue weighted by atomic mass is 19.4. The summed E-state index contributed by atoms with van der Waals surface area (Å²) in [5, 5.41) is 0. The zero-order valence-electron chi connectivity index (χ0n) is 15.5. The fourth-order valence-corrected chi connectivity index (χ4v) is 2.30. The zero-order chi connectivity index (χ0) is 20.2. The molecule has 1 aromatic carbocycles. The highest BCUT2D eigenvalue weighted by molar-refractivity contribution is 5.74. The lowest BCUT2D eigenvalue weighted by Crippen LogP contribution is -2.26. The quantitative estimate of drug-likeness (QED) is 0.702. The van der Waals surface area contributed by atoms with Crippen LogP contribution in [0.2, 0.25) is 0 Å². The number of halogens is 3. The summed E-state index contributed by atoms with van der Waals surface area (Å²) in [6.45, 7) is 3.46. The standard InChI is InChI=1S/C19H21F3N2O3/c1-5-26-18(25)12(2)27-15-8-6-7-13(9-15)16-10-14(19(20,21)22)11-17(23-16)24(3)4/h6-12H,5H2,1-4H3/t12-/m1/s1. The molecule has 8 heteroatoms. The number of carbonyl (C=O) groups excluding carboxylic acids is 1. The molecule has 1 heterocycles. The van der Waals surface area contributed by atoms with Crippen LogP contribution < -0.4 is 9.64 Å². The van der Waals surface area contributed by atoms with E-state index in [0.29, 0.717) is 11.3 Å². The number of nitrogens with zero attached hydrogens (tertiary/aromatic N) is 2. The molecule has 2 rings (SSSR count). The minimum atomic E-state index is -4.49. The SMILES string of the molecule is CCOC(=O)[C@@H](C)Oc1cccc(-c2cc(C(F)(F)F)cc(N(C)C)n2)c1. The fourth-order valence-electron chi connectivity index (χ4n) is 2.30. The van der Waals surface area contributed by atoms with Crippen LogP contribution >= 0.6 is 0 Å². The molecule has 146 valence electrons. The Morgan fingerprint density at radius 2 is 1.93 bits per heavy atom. The van der Waals surface area contributed by atoms with Gasteiger partial charge in [-0.2, -0.15) is 13.2 Å². The predicted octanol–water partition coefficient (Wildman–Crippen LogP) is 4.16. The molecule has 0 amide bonds. The first-order valence-corrected chi connectivity index (χ1v) is 8.32. The molecule has 0 radical (unpaired) electrons. The third-order valence-electron chi connectivity index (χ3n) is 3.66. The van der Waals surface area contributed by atoms with Crippen molar-refractivity contribution in [1.29, 1.82) is 0 Å². The third-order valence-corrected chi connectivity index (χ3v) is 3.66. The molecule has 0 unspecified atom stereocenters. The van der Waals surface area contributed by atoms with Crippen LogP contribution in [0.3, 0.4) is 0 Å². The fraction of sp³-hybridized carbons (Fsp3) is 0.368. The van der Waals surface area contributed by atoms with Gasteiger partial charge in [-0.3, -0.25) is 0 Å². The number of pyridine rings is 1. The minimum Gasteiger partial charge on any atom is -0.479 e. The lowest BCUT2D eigenvalue weighted by Gasteiger charge is -2.17. The number of benzene rings is 1. The molecule has 27 heavy (non-hydrogen) atoms. The second-order valence-electron chi connectivity index (χ2n) is 6.03. The molecule has 2 aromatic rings. The van der Waals surface area contributed by atoms with Crippen molar-refractivity contribution in [2.75, 3.05) is 25.6 Å². The largest absolute Gasteiger partial charge is 0.479 e. The normalized spacial score (nSPS) is 12.4. The Balaban J connectivity index is 2.38. The van der Waals surface area contributed by atoms with Gasteiger partial charge in [0, 0.05) is 19.7 Å². The van der Waals surface area contributed by atoms with E-state index in [9.17, 15) is 18.0 Å². The van der Waals surface area contributed by atoms with Gasteiger partial charge in [0.1, 0.15) is 11.6 Å². The van der Waals surface area contributed by atoms with Gasteiger partial charge in [0.25, 0.3) is 0 Å². The molecule has 0 saturated heterocycles. The van der Waals surface area contributed by atoms with E-state index in [1.165, 1.54) is 17.9 Å². The van der Waals surface area contributed by atoms with Crippen LogP contribution in [-0.4, -0.2) is 37.8 Å². The maximum Gasteiger partial charge on any atom is 0.416 e. The second kappa shape index (κ2) is 8.28. The van der Waals surface area contributed by atoms with Crippen molar-refractivity contribution >= 4 is 11.8 Å². The Morgan fingerprint density at radius 3 is 2.52 bits per heavy atom. The van der Waals surface area contributed by atoms with Gasteiger partial charge in [0.05, 0.1) is 17.9 Å². The van der Waals surface area contributed by atoms with Crippen molar-refractivity contribution in [3.8, 4) is 17.0 Å². The van der Waals surface area contributed by atoms with E-state index >= 15 is 0 Å². The predicted molar refractivity (Wildman–Crippen MR) is 95.7 cm³/mol. The van der Waals surface area contributed by atoms with E-state index in [-0.39, 0.29) is 18.1 Å². The Bertz CT molecular complexity index is 807. The van der Waals surface area contributed by atoms with Crippen LogP contribution in [0.25, 0.3) is 11.3 Å². The highest BCUT2D eigenvalue weighted by Crippen LogP contribution is 2.34. The summed E-state index contributed by atoms with van der Waals surface area (Å²) in [5.74, 6) is -0.000281. The molecule has 0 aliphatic heterocycles. The molecule has 0 spiro atoms. The van der Waals surface area contributed by atoms with Crippen molar-refractivity contribution in [2.24, 2.45) is 0 Å². The van der Waals surface area contributed by atoms with Crippen molar-refractivity contribution in [2.45, 2.75) is 26.1 Å². The number of carbonyl (C=O) groups is 1. The molecule has 0 fully saturated rings. The van der Waals surface area contributed by atoms with E-state index in [0.717, 1.165) is 12.1 Å². The summed E-state index contributed by atoms with van der Waals surface area (Å²) >= 11 is 0. The lowest BCUT2D eigenvalue weighted by molar-refractivity contribution is -0.150. The Hall–Kier alpha value is -2.77. The van der Waals surface area contributed by atoms with Crippen LogP contribution in [0.1, 0.15) is 19.4 Å². The number of hydrogen-bond donors (Lipinski definition) is 0. The maximum atomic E-state index is 13.2. The number of esters is 1. The number of aromatic nitrogens is 1. The molecule has 0 bridgehead atoms. The molecular weight excluding hydrogens is 361 g/mol. The molecule has 5 nitrogen and oxygen atoms in total. The van der Waals surface area contributed by atoms with Crippen LogP contribution in [0, 0.1) is 0 Å². The number of hydrogen-bond acceptors (Lipinski definition) is 5. The summed E-state index contributed by atoms with van der Waals surface area (Å²) in [5.41, 5.74) is -0.192. The summed E-state index contributed by atoms with van der Waals surface area (Å²) < 4.78 is 50.1. The van der Waals surface area contributed by atoms with Crippen LogP contribution in [0.4, 0.5) is 19.0 Å². The summed E-state index contributed by atoms with van der Waals surface area (Å²) in [6, 6.07) is 8.38. The summed E-state index contributed by atoms with van der Waals surface area (Å²) in [7, 11) is 3.24. The van der Waals surface area contributed by atoms with E-state index in [1.807, 2.05) is 0 Å². The van der Waals surface area contributed by atoms with Crippen LogP contribution in [-0.2, 0) is 15.7 Å². The lowest BCUT2D eigenvalue weighted by atomic mass is 10.1. The molecule has 1 aromatic heterocycles. The average Bonchev–Trinajstić information content (AvgIpc) is 2.61. The van der Waals surface area contributed by atoms with Crippen LogP contribution in [0.5, 0.6) is 5.75 Å². The van der Waals surface area contributed by atoms with E-state index in [4.69, 9.17) is 9.47 Å². The molecule has 0 saturated carbocycles. The van der Waals surface area contributed by atoms with Gasteiger partial charge in [0.2, 0.25) is 0 Å². The van der Waals surface area contributed by atoms with Gasteiger partial charge >= 0.3 is 12.1 Å². The first-order valence-electron chi connectivity index (χ1n) is 8.32. The van der Waals surface area contributed by atoms with Crippen molar-refractivity contribution in [3.63, 3.8) is 0 Å². The molecule has 0 aliphatic carbocycles. The first kappa shape index (κ1) is 20.5. The van der Waals surface area contributed by atoms with Gasteiger partial charge in [0.15, 0.2) is 6.10 Å². The zero-order valence-corrected chi connectivity index (χ0v) is 15.5. The Labute approximate surface area is 155 Å². The van der Waals surface area contributed by atoms with E-state index < -0.39 is 23.8 Å². The third kappa shape index (κ3) is 5.35. The molecule has 1 atom stereocenters. The Morgan fingerprint density at radius 1 is 1.22 bits per heavy atom. The number of rotatable bonds is 6. The maximum absolute atomic E-state index is 13.2. The topological polar surface area (TPSA) is 51.7 Å². The van der Waals surface area contributed by atoms with Gasteiger partial charge in [-0.15, -0.1) is 0 Å². The molecule has 0 aliphatic rings. The Kier molecular flexibility index (Phi) is 6.30. The second-order valence-corrected chi connectivity index (χ2v) is 6.03. The van der Waals surface area contributed by atoms with Gasteiger partial charge in [-0.05, 0) is 38.1 Å². The summed E-state index contributed by atoms with van der Waals surface area (Å²) in [6.07, 6.45) is -5.33. The monoisotopic (exact) mass is 382 g/mol. The van der Waals surface area contributed by atoms with Crippen molar-refractivity contribution in [1.82, 2.24) is 4.98 Å². The summed E-state index contributed by atoms with van der Waals surface area (Å²) in [4.78, 5) is 17.5. The molecular formula is C19H21F3N2O3. The smallest absolute Gasteiger partial charge is 0.416 e. The first-order chi connectivity index (χ1) is 12.6. The number of alkyl halides is 3. The van der Waals surface area contributed by atoms with E-state index in [1.54, 1.807) is 39.2 Å².